The molecule has 0 radical (unpaired) electrons. The number of hydrogen-bond donors (Lipinski definition) is 0. The Morgan fingerprint density at radius 3 is 2.79 bits per heavy atom. The second-order valence-corrected chi connectivity index (χ2v) is 4.13. The highest BCUT2D eigenvalue weighted by molar-refractivity contribution is 8.27. The van der Waals surface area contributed by atoms with Crippen molar-refractivity contribution < 1.29 is 9.59 Å². The molecular weight excluding hydrogens is 198 g/mol. The number of hydrogen-bond acceptors (Lipinski definition) is 4. The third-order valence-electron chi connectivity index (χ3n) is 2.27. The van der Waals surface area contributed by atoms with Crippen molar-refractivity contribution in [3.05, 3.63) is 22.9 Å². The van der Waals surface area contributed by atoms with Crippen LogP contribution in [0.25, 0.3) is 0 Å². The normalized spacial score (nSPS) is 21.0. The van der Waals surface area contributed by atoms with Crippen molar-refractivity contribution in [2.24, 2.45) is 4.99 Å². The number of allylic oxidation sites excluding steroid dienone is 1. The molecule has 0 N–H and O–H groups in total. The van der Waals surface area contributed by atoms with E-state index in [4.69, 9.17) is 0 Å². The standard InChI is InChI=1S/C10H9NO2S/c1-3-6-7-8(12)5(2)4-11-9(7)14-10(6)13/h4H,3H2,1-2H3. The monoisotopic (exact) mass is 207 g/mol. The summed E-state index contributed by atoms with van der Waals surface area (Å²) in [7, 11) is 0. The van der Waals surface area contributed by atoms with Crippen LogP contribution in [0, 0.1) is 0 Å². The summed E-state index contributed by atoms with van der Waals surface area (Å²) in [6.45, 7) is 3.60. The lowest BCUT2D eigenvalue weighted by Gasteiger charge is -2.07. The predicted molar refractivity (Wildman–Crippen MR) is 56.1 cm³/mol. The Labute approximate surface area is 86.0 Å². The maximum absolute atomic E-state index is 11.7. The van der Waals surface area contributed by atoms with Gasteiger partial charge in [-0.1, -0.05) is 6.92 Å². The van der Waals surface area contributed by atoms with Crippen molar-refractivity contribution in [2.75, 3.05) is 0 Å². The largest absolute Gasteiger partial charge is 0.289 e. The SMILES string of the molecule is CCC1=C2C(=O)C(C)=CN=C2SC1=O. The molecule has 0 amide bonds. The average Bonchev–Trinajstić information content (AvgIpc) is 2.48. The zero-order valence-electron chi connectivity index (χ0n) is 7.96. The van der Waals surface area contributed by atoms with E-state index in [0.717, 1.165) is 11.8 Å². The maximum Gasteiger partial charge on any atom is 0.222 e. The van der Waals surface area contributed by atoms with Gasteiger partial charge in [-0.05, 0) is 25.1 Å². The Morgan fingerprint density at radius 2 is 2.14 bits per heavy atom. The van der Waals surface area contributed by atoms with E-state index in [1.165, 1.54) is 6.20 Å². The molecule has 3 nitrogen and oxygen atoms in total. The minimum absolute atomic E-state index is 0.0299. The number of fused-ring (bicyclic) bond motifs is 1. The Balaban J connectivity index is 2.59. The molecule has 0 saturated heterocycles. The van der Waals surface area contributed by atoms with E-state index in [0.29, 0.717) is 28.2 Å². The van der Waals surface area contributed by atoms with Crippen molar-refractivity contribution >= 4 is 27.7 Å². The molecule has 0 fully saturated rings. The highest BCUT2D eigenvalue weighted by atomic mass is 32.2. The van der Waals surface area contributed by atoms with Crippen molar-refractivity contribution in [1.82, 2.24) is 0 Å². The van der Waals surface area contributed by atoms with Crippen LogP contribution in [0.3, 0.4) is 0 Å². The molecular formula is C10H9NO2S. The molecule has 0 aromatic rings. The van der Waals surface area contributed by atoms with Crippen molar-refractivity contribution in [3.8, 4) is 0 Å². The molecule has 2 aliphatic rings. The van der Waals surface area contributed by atoms with Gasteiger partial charge in [0.25, 0.3) is 0 Å². The Morgan fingerprint density at radius 1 is 1.43 bits per heavy atom. The van der Waals surface area contributed by atoms with E-state index >= 15 is 0 Å². The average molecular weight is 207 g/mol. The molecule has 0 unspecified atom stereocenters. The van der Waals surface area contributed by atoms with Gasteiger partial charge < -0.3 is 0 Å². The summed E-state index contributed by atoms with van der Waals surface area (Å²) in [5.41, 5.74) is 1.75. The first kappa shape index (κ1) is 9.40. The van der Waals surface area contributed by atoms with Gasteiger partial charge in [-0.2, -0.15) is 0 Å². The lowest BCUT2D eigenvalue weighted by atomic mass is 9.98. The van der Waals surface area contributed by atoms with Crippen LogP contribution in [0.4, 0.5) is 0 Å². The van der Waals surface area contributed by atoms with Crippen LogP contribution < -0.4 is 0 Å². The van der Waals surface area contributed by atoms with Gasteiger partial charge in [0.2, 0.25) is 5.12 Å². The third kappa shape index (κ3) is 1.18. The third-order valence-corrected chi connectivity index (χ3v) is 3.20. The zero-order chi connectivity index (χ0) is 10.3. The van der Waals surface area contributed by atoms with E-state index in [2.05, 4.69) is 4.99 Å². The molecule has 2 heterocycles. The van der Waals surface area contributed by atoms with E-state index in [9.17, 15) is 9.59 Å². The van der Waals surface area contributed by atoms with Crippen molar-refractivity contribution in [1.29, 1.82) is 0 Å². The molecule has 0 saturated carbocycles. The summed E-state index contributed by atoms with van der Waals surface area (Å²) in [6.07, 6.45) is 2.12. The van der Waals surface area contributed by atoms with Gasteiger partial charge in [-0.3, -0.25) is 9.59 Å². The summed E-state index contributed by atoms with van der Waals surface area (Å²) < 4.78 is 0. The van der Waals surface area contributed by atoms with Crippen LogP contribution in [-0.2, 0) is 9.59 Å². The second-order valence-electron chi connectivity index (χ2n) is 3.17. The van der Waals surface area contributed by atoms with Crippen LogP contribution in [0.1, 0.15) is 20.3 Å². The molecule has 14 heavy (non-hydrogen) atoms. The number of carbonyl (C=O) groups is 2. The first-order valence-corrected chi connectivity index (χ1v) is 5.21. The highest BCUT2D eigenvalue weighted by Crippen LogP contribution is 2.35. The minimum atomic E-state index is -0.0507. The number of ketones is 1. The number of rotatable bonds is 1. The second kappa shape index (κ2) is 3.20. The van der Waals surface area contributed by atoms with Crippen molar-refractivity contribution in [3.63, 3.8) is 0 Å². The molecule has 0 atom stereocenters. The van der Waals surface area contributed by atoms with Gasteiger partial charge in [-0.15, -0.1) is 0 Å². The van der Waals surface area contributed by atoms with Gasteiger partial charge in [0.1, 0.15) is 5.04 Å². The number of carbonyl (C=O) groups excluding carboxylic acids is 2. The predicted octanol–water partition coefficient (Wildman–Crippen LogP) is 1.85. The van der Waals surface area contributed by atoms with Crippen LogP contribution in [0.5, 0.6) is 0 Å². The summed E-state index contributed by atoms with van der Waals surface area (Å²) in [4.78, 5) is 27.3. The summed E-state index contributed by atoms with van der Waals surface area (Å²) in [5.74, 6) is -0.0507. The fraction of sp³-hybridized carbons (Fsp3) is 0.300. The number of aliphatic imine (C=N–C) groups is 1. The highest BCUT2D eigenvalue weighted by Gasteiger charge is 2.34. The minimum Gasteiger partial charge on any atom is -0.289 e. The van der Waals surface area contributed by atoms with Crippen LogP contribution in [0.2, 0.25) is 0 Å². The number of Topliss-reactive ketones (excluding diaryl/α,β-unsaturated/α-hetero) is 1. The maximum atomic E-state index is 11.7. The molecule has 0 aromatic carbocycles. The van der Waals surface area contributed by atoms with Crippen LogP contribution in [-0.4, -0.2) is 15.9 Å². The van der Waals surface area contributed by atoms with E-state index in [1.807, 2.05) is 6.92 Å². The van der Waals surface area contributed by atoms with Gasteiger partial charge in [0.05, 0.1) is 5.57 Å². The van der Waals surface area contributed by atoms with E-state index in [-0.39, 0.29) is 10.9 Å². The van der Waals surface area contributed by atoms with Gasteiger partial charge in [0.15, 0.2) is 5.78 Å². The fourth-order valence-corrected chi connectivity index (χ4v) is 2.46. The lowest BCUT2D eigenvalue weighted by Crippen LogP contribution is -2.13. The quantitative estimate of drug-likeness (QED) is 0.659. The Bertz CT molecular complexity index is 429. The molecule has 0 aromatic heterocycles. The summed E-state index contributed by atoms with van der Waals surface area (Å²) in [5, 5.41) is 0.542. The molecule has 2 rings (SSSR count). The van der Waals surface area contributed by atoms with E-state index in [1.54, 1.807) is 6.92 Å². The molecule has 0 bridgehead atoms. The molecule has 2 aliphatic heterocycles. The van der Waals surface area contributed by atoms with Crippen molar-refractivity contribution in [2.45, 2.75) is 20.3 Å². The first-order valence-electron chi connectivity index (χ1n) is 4.40. The molecule has 72 valence electrons. The summed E-state index contributed by atoms with van der Waals surface area (Å²) in [6, 6.07) is 0. The van der Waals surface area contributed by atoms with E-state index < -0.39 is 0 Å². The Hall–Kier alpha value is -1.16. The molecule has 4 heteroatoms. The van der Waals surface area contributed by atoms with Crippen LogP contribution in [0.15, 0.2) is 27.9 Å². The zero-order valence-corrected chi connectivity index (χ0v) is 8.77. The fourth-order valence-electron chi connectivity index (χ4n) is 1.49. The van der Waals surface area contributed by atoms with Crippen LogP contribution >= 0.6 is 11.8 Å². The number of thioether (sulfide) groups is 1. The summed E-state index contributed by atoms with van der Waals surface area (Å²) >= 11 is 1.06. The smallest absolute Gasteiger partial charge is 0.222 e. The molecule has 0 spiro atoms. The lowest BCUT2D eigenvalue weighted by molar-refractivity contribution is -0.112. The van der Waals surface area contributed by atoms with Gasteiger partial charge in [0, 0.05) is 17.3 Å². The van der Waals surface area contributed by atoms with Gasteiger partial charge >= 0.3 is 0 Å². The Kier molecular flexibility index (Phi) is 2.15. The van der Waals surface area contributed by atoms with Gasteiger partial charge in [-0.25, -0.2) is 4.99 Å². The first-order chi connectivity index (χ1) is 6.65. The topological polar surface area (TPSA) is 46.5 Å². The molecule has 0 aliphatic carbocycles. The number of nitrogens with zero attached hydrogens (tertiary/aromatic N) is 1.